The van der Waals surface area contributed by atoms with Gasteiger partial charge < -0.3 is 15.0 Å². The van der Waals surface area contributed by atoms with E-state index in [2.05, 4.69) is 42.4 Å². The summed E-state index contributed by atoms with van der Waals surface area (Å²) in [5, 5.41) is 9.94. The second kappa shape index (κ2) is 6.66. The highest BCUT2D eigenvalue weighted by Crippen LogP contribution is 2.22. The number of halogens is 1. The van der Waals surface area contributed by atoms with Crippen molar-refractivity contribution in [1.82, 2.24) is 14.9 Å². The lowest BCUT2D eigenvalue weighted by molar-refractivity contribution is 0.246. The van der Waals surface area contributed by atoms with Gasteiger partial charge in [-0.1, -0.05) is 0 Å². The average molecular weight is 412 g/mol. The number of aromatic hydroxyl groups is 1. The lowest BCUT2D eigenvalue weighted by Crippen LogP contribution is -2.46. The Hall–Kier alpha value is -1.61. The van der Waals surface area contributed by atoms with Gasteiger partial charge in [-0.05, 0) is 40.8 Å². The SMILES string of the molecule is O=c1cc(N2CCN(Cc3cc(I)ccc3O)CC2)nc[nH]1. The van der Waals surface area contributed by atoms with Crippen LogP contribution in [0.4, 0.5) is 5.82 Å². The zero-order valence-electron chi connectivity index (χ0n) is 12.0. The number of piperazine rings is 1. The molecule has 116 valence electrons. The minimum Gasteiger partial charge on any atom is -0.508 e. The highest BCUT2D eigenvalue weighted by atomic mass is 127. The molecule has 0 radical (unpaired) electrons. The Morgan fingerprint density at radius 2 is 2.00 bits per heavy atom. The van der Waals surface area contributed by atoms with Crippen molar-refractivity contribution in [2.75, 3.05) is 31.1 Å². The van der Waals surface area contributed by atoms with Crippen molar-refractivity contribution in [3.05, 3.63) is 50.1 Å². The Morgan fingerprint density at radius 3 is 2.73 bits per heavy atom. The molecule has 1 aliphatic heterocycles. The number of anilines is 1. The molecule has 0 bridgehead atoms. The minimum atomic E-state index is -0.129. The third-order valence-electron chi connectivity index (χ3n) is 3.80. The molecule has 22 heavy (non-hydrogen) atoms. The molecular weight excluding hydrogens is 395 g/mol. The number of phenols is 1. The fourth-order valence-electron chi connectivity index (χ4n) is 2.59. The van der Waals surface area contributed by atoms with Gasteiger partial charge in [-0.15, -0.1) is 0 Å². The number of aromatic nitrogens is 2. The van der Waals surface area contributed by atoms with Crippen LogP contribution in [0.15, 0.2) is 35.4 Å². The molecule has 1 aromatic carbocycles. The summed E-state index contributed by atoms with van der Waals surface area (Å²) < 4.78 is 1.12. The topological polar surface area (TPSA) is 72.5 Å². The van der Waals surface area contributed by atoms with Gasteiger partial charge in [0.2, 0.25) is 0 Å². The van der Waals surface area contributed by atoms with Crippen LogP contribution in [0.25, 0.3) is 0 Å². The van der Waals surface area contributed by atoms with E-state index in [9.17, 15) is 9.90 Å². The van der Waals surface area contributed by atoms with Gasteiger partial charge in [0.1, 0.15) is 11.6 Å². The van der Waals surface area contributed by atoms with Crippen molar-refractivity contribution in [2.24, 2.45) is 0 Å². The maximum absolute atomic E-state index is 11.3. The number of hydrogen-bond acceptors (Lipinski definition) is 5. The number of phenolic OH excluding ortho intramolecular Hbond substituents is 1. The minimum absolute atomic E-state index is 0.129. The summed E-state index contributed by atoms with van der Waals surface area (Å²) >= 11 is 2.25. The fraction of sp³-hybridized carbons (Fsp3) is 0.333. The molecule has 6 nitrogen and oxygen atoms in total. The monoisotopic (exact) mass is 412 g/mol. The lowest BCUT2D eigenvalue weighted by atomic mass is 10.1. The Kier molecular flexibility index (Phi) is 4.63. The maximum atomic E-state index is 11.3. The van der Waals surface area contributed by atoms with Crippen LogP contribution >= 0.6 is 22.6 Å². The molecule has 1 saturated heterocycles. The number of aromatic amines is 1. The van der Waals surface area contributed by atoms with Gasteiger partial charge in [0.15, 0.2) is 0 Å². The molecule has 0 atom stereocenters. The van der Waals surface area contributed by atoms with Crippen LogP contribution < -0.4 is 10.5 Å². The molecule has 2 N–H and O–H groups in total. The summed E-state index contributed by atoms with van der Waals surface area (Å²) in [4.78, 5) is 22.5. The first-order valence-corrected chi connectivity index (χ1v) is 8.19. The normalized spacial score (nSPS) is 16.0. The number of benzene rings is 1. The van der Waals surface area contributed by atoms with Crippen LogP contribution in [-0.2, 0) is 6.54 Å². The number of H-pyrrole nitrogens is 1. The van der Waals surface area contributed by atoms with Crippen LogP contribution in [-0.4, -0.2) is 46.2 Å². The van der Waals surface area contributed by atoms with E-state index in [0.29, 0.717) is 5.75 Å². The van der Waals surface area contributed by atoms with Crippen LogP contribution in [0, 0.1) is 3.57 Å². The Balaban J connectivity index is 1.62. The van der Waals surface area contributed by atoms with Gasteiger partial charge in [-0.25, -0.2) is 4.98 Å². The summed E-state index contributed by atoms with van der Waals surface area (Å²) in [6.45, 7) is 4.13. The van der Waals surface area contributed by atoms with E-state index >= 15 is 0 Å². The van der Waals surface area contributed by atoms with E-state index in [0.717, 1.165) is 47.7 Å². The molecule has 1 aromatic heterocycles. The molecule has 2 heterocycles. The van der Waals surface area contributed by atoms with E-state index in [-0.39, 0.29) is 5.56 Å². The summed E-state index contributed by atoms with van der Waals surface area (Å²) in [6.07, 6.45) is 1.44. The fourth-order valence-corrected chi connectivity index (χ4v) is 3.14. The Labute approximate surface area is 141 Å². The number of rotatable bonds is 3. The maximum Gasteiger partial charge on any atom is 0.252 e. The van der Waals surface area contributed by atoms with Crippen LogP contribution in [0.1, 0.15) is 5.56 Å². The van der Waals surface area contributed by atoms with E-state index in [1.807, 2.05) is 12.1 Å². The van der Waals surface area contributed by atoms with Crippen LogP contribution in [0.2, 0.25) is 0 Å². The molecule has 1 fully saturated rings. The van der Waals surface area contributed by atoms with Crippen LogP contribution in [0.3, 0.4) is 0 Å². The largest absolute Gasteiger partial charge is 0.508 e. The second-order valence-electron chi connectivity index (χ2n) is 5.31. The van der Waals surface area contributed by atoms with Gasteiger partial charge in [0.05, 0.1) is 6.33 Å². The zero-order valence-corrected chi connectivity index (χ0v) is 14.2. The zero-order chi connectivity index (χ0) is 15.5. The first-order valence-electron chi connectivity index (χ1n) is 7.11. The molecule has 3 rings (SSSR count). The highest BCUT2D eigenvalue weighted by molar-refractivity contribution is 14.1. The standard InChI is InChI=1S/C15H17IN4O2/c16-12-1-2-13(21)11(7-12)9-19-3-5-20(6-4-19)14-8-15(22)18-10-17-14/h1-2,7-8,10,21H,3-6,9H2,(H,17,18,22). The molecular formula is C15H17IN4O2. The first-order chi connectivity index (χ1) is 10.6. The first kappa shape index (κ1) is 15.3. The smallest absolute Gasteiger partial charge is 0.252 e. The predicted octanol–water partition coefficient (Wildman–Crippen LogP) is 1.40. The Morgan fingerprint density at radius 1 is 1.23 bits per heavy atom. The van der Waals surface area contributed by atoms with E-state index in [1.54, 1.807) is 6.07 Å². The van der Waals surface area contributed by atoms with Crippen molar-refractivity contribution >= 4 is 28.4 Å². The quantitative estimate of drug-likeness (QED) is 0.746. The average Bonchev–Trinajstić information content (AvgIpc) is 2.52. The third-order valence-corrected chi connectivity index (χ3v) is 4.47. The van der Waals surface area contributed by atoms with Crippen LogP contribution in [0.5, 0.6) is 5.75 Å². The summed E-state index contributed by atoms with van der Waals surface area (Å²) in [7, 11) is 0. The summed E-state index contributed by atoms with van der Waals surface area (Å²) in [6, 6.07) is 7.19. The predicted molar refractivity (Wildman–Crippen MR) is 93.2 cm³/mol. The van der Waals surface area contributed by atoms with Gasteiger partial charge in [0.25, 0.3) is 5.56 Å². The summed E-state index contributed by atoms with van der Waals surface area (Å²) in [5.41, 5.74) is 0.825. The third kappa shape index (κ3) is 3.58. The van der Waals surface area contributed by atoms with Crippen molar-refractivity contribution < 1.29 is 5.11 Å². The Bertz CT molecular complexity index is 711. The molecule has 0 aliphatic carbocycles. The number of hydrogen-bond donors (Lipinski definition) is 2. The van der Waals surface area contributed by atoms with E-state index < -0.39 is 0 Å². The molecule has 0 spiro atoms. The molecule has 2 aromatic rings. The summed E-state index contributed by atoms with van der Waals surface area (Å²) in [5.74, 6) is 1.07. The van der Waals surface area contributed by atoms with Gasteiger partial charge in [-0.2, -0.15) is 0 Å². The molecule has 0 saturated carbocycles. The second-order valence-corrected chi connectivity index (χ2v) is 6.55. The van der Waals surface area contributed by atoms with Crippen molar-refractivity contribution in [3.8, 4) is 5.75 Å². The molecule has 0 amide bonds. The van der Waals surface area contributed by atoms with Gasteiger partial charge in [-0.3, -0.25) is 9.69 Å². The van der Waals surface area contributed by atoms with E-state index in [4.69, 9.17) is 0 Å². The van der Waals surface area contributed by atoms with Crippen molar-refractivity contribution in [1.29, 1.82) is 0 Å². The van der Waals surface area contributed by atoms with Crippen molar-refractivity contribution in [3.63, 3.8) is 0 Å². The highest BCUT2D eigenvalue weighted by Gasteiger charge is 2.19. The molecule has 7 heteroatoms. The van der Waals surface area contributed by atoms with Gasteiger partial charge >= 0.3 is 0 Å². The van der Waals surface area contributed by atoms with E-state index in [1.165, 1.54) is 12.4 Å². The number of nitrogens with zero attached hydrogens (tertiary/aromatic N) is 3. The lowest BCUT2D eigenvalue weighted by Gasteiger charge is -2.35. The molecule has 1 aliphatic rings. The molecule has 0 unspecified atom stereocenters. The van der Waals surface area contributed by atoms with Gasteiger partial charge in [0, 0.05) is 47.9 Å². The van der Waals surface area contributed by atoms with Crippen molar-refractivity contribution in [2.45, 2.75) is 6.54 Å². The number of nitrogens with one attached hydrogen (secondary N) is 1.